The molecule has 2 amide bonds. The van der Waals surface area contributed by atoms with Gasteiger partial charge in [0.15, 0.2) is 5.76 Å². The molecule has 0 atom stereocenters. The second kappa shape index (κ2) is 8.32. The summed E-state index contributed by atoms with van der Waals surface area (Å²) in [6.07, 6.45) is 0. The summed E-state index contributed by atoms with van der Waals surface area (Å²) in [6.45, 7) is 0. The Balaban J connectivity index is 1.65. The molecule has 4 aromatic rings. The summed E-state index contributed by atoms with van der Waals surface area (Å²) in [5.74, 6) is -0.256. The number of amides is 2. The molecule has 3 N–H and O–H groups in total. The molecule has 0 fully saturated rings. The van der Waals surface area contributed by atoms with Crippen LogP contribution in [0.1, 0.15) is 26.5 Å². The van der Waals surface area contributed by atoms with Crippen molar-refractivity contribution in [1.29, 1.82) is 0 Å². The Morgan fingerprint density at radius 2 is 1.86 bits per heavy atom. The number of hydrogen-bond donors (Lipinski definition) is 2. The molecule has 0 saturated carbocycles. The summed E-state index contributed by atoms with van der Waals surface area (Å²) in [5.41, 5.74) is 7.06. The fourth-order valence-electron chi connectivity index (χ4n) is 2.87. The molecule has 2 heterocycles. The van der Waals surface area contributed by atoms with Crippen LogP contribution in [0.2, 0.25) is 5.02 Å². The van der Waals surface area contributed by atoms with Crippen molar-refractivity contribution >= 4 is 62.5 Å². The van der Waals surface area contributed by atoms with E-state index in [0.717, 1.165) is 15.8 Å². The van der Waals surface area contributed by atoms with Gasteiger partial charge in [-0.2, -0.15) is 0 Å². The van der Waals surface area contributed by atoms with Crippen LogP contribution in [0.15, 0.2) is 69.3 Å². The molecule has 0 aliphatic heterocycles. The Morgan fingerprint density at radius 3 is 2.62 bits per heavy atom. The van der Waals surface area contributed by atoms with E-state index in [4.69, 9.17) is 21.8 Å². The van der Waals surface area contributed by atoms with Gasteiger partial charge in [0.2, 0.25) is 0 Å². The second-order valence-corrected chi connectivity index (χ2v) is 8.53. The molecular formula is C21H15ClN2O3S2. The highest BCUT2D eigenvalue weighted by atomic mass is 35.5. The monoisotopic (exact) mass is 442 g/mol. The lowest BCUT2D eigenvalue weighted by atomic mass is 10.1. The van der Waals surface area contributed by atoms with Gasteiger partial charge in [0.05, 0.1) is 5.56 Å². The van der Waals surface area contributed by atoms with Crippen LogP contribution in [0.5, 0.6) is 0 Å². The minimum absolute atomic E-state index is 0.219. The van der Waals surface area contributed by atoms with Gasteiger partial charge in [-0.15, -0.1) is 23.1 Å². The van der Waals surface area contributed by atoms with Gasteiger partial charge in [-0.25, -0.2) is 0 Å². The average Bonchev–Trinajstić information content (AvgIpc) is 3.32. The number of anilines is 1. The van der Waals surface area contributed by atoms with Crippen LogP contribution in [0.4, 0.5) is 5.00 Å². The Bertz CT molecular complexity index is 1200. The van der Waals surface area contributed by atoms with Gasteiger partial charge in [0.25, 0.3) is 11.8 Å². The van der Waals surface area contributed by atoms with E-state index in [1.165, 1.54) is 11.3 Å². The number of carbonyl (C=O) groups is 2. The number of nitrogens with one attached hydrogen (secondary N) is 1. The van der Waals surface area contributed by atoms with Gasteiger partial charge in [0, 0.05) is 26.6 Å². The number of hydrogen-bond acceptors (Lipinski definition) is 5. The van der Waals surface area contributed by atoms with E-state index in [0.29, 0.717) is 21.4 Å². The smallest absolute Gasteiger partial charge is 0.292 e. The number of benzene rings is 2. The third-order valence-corrected chi connectivity index (χ3v) is 6.38. The molecule has 0 unspecified atom stereocenters. The molecular weight excluding hydrogens is 428 g/mol. The van der Waals surface area contributed by atoms with Gasteiger partial charge in [0.1, 0.15) is 10.6 Å². The number of nitrogens with two attached hydrogens (primary N) is 1. The highest BCUT2D eigenvalue weighted by molar-refractivity contribution is 7.98. The molecule has 146 valence electrons. The van der Waals surface area contributed by atoms with E-state index in [1.54, 1.807) is 23.2 Å². The quantitative estimate of drug-likeness (QED) is 0.370. The van der Waals surface area contributed by atoms with Crippen molar-refractivity contribution in [2.24, 2.45) is 5.73 Å². The van der Waals surface area contributed by atoms with Gasteiger partial charge < -0.3 is 15.5 Å². The topological polar surface area (TPSA) is 85.3 Å². The minimum Gasteiger partial charge on any atom is -0.451 e. The average molecular weight is 443 g/mol. The van der Waals surface area contributed by atoms with Crippen molar-refractivity contribution in [1.82, 2.24) is 0 Å². The summed E-state index contributed by atoms with van der Waals surface area (Å²) in [5, 5.41) is 6.40. The van der Waals surface area contributed by atoms with Crippen LogP contribution < -0.4 is 11.1 Å². The molecule has 5 nitrogen and oxygen atoms in total. The van der Waals surface area contributed by atoms with E-state index < -0.39 is 11.8 Å². The molecule has 0 saturated heterocycles. The highest BCUT2D eigenvalue weighted by Gasteiger charge is 2.22. The predicted octanol–water partition coefficient (Wildman–Crippen LogP) is 5.79. The van der Waals surface area contributed by atoms with E-state index >= 15 is 0 Å². The molecule has 29 heavy (non-hydrogen) atoms. The molecule has 0 aliphatic rings. The van der Waals surface area contributed by atoms with Crippen LogP contribution in [-0.4, -0.2) is 11.8 Å². The Morgan fingerprint density at radius 1 is 1.10 bits per heavy atom. The third-order valence-electron chi connectivity index (χ3n) is 4.26. The zero-order valence-electron chi connectivity index (χ0n) is 15.0. The van der Waals surface area contributed by atoms with Crippen LogP contribution in [-0.2, 0) is 5.75 Å². The zero-order chi connectivity index (χ0) is 20.4. The van der Waals surface area contributed by atoms with Gasteiger partial charge in [-0.3, -0.25) is 9.59 Å². The van der Waals surface area contributed by atoms with Crippen molar-refractivity contribution in [3.05, 3.63) is 81.9 Å². The first kappa shape index (κ1) is 19.6. The van der Waals surface area contributed by atoms with Crippen molar-refractivity contribution < 1.29 is 14.0 Å². The number of fused-ring (bicyclic) bond motifs is 1. The first-order valence-electron chi connectivity index (χ1n) is 8.60. The first-order chi connectivity index (χ1) is 14.0. The number of halogens is 1. The van der Waals surface area contributed by atoms with Crippen LogP contribution >= 0.6 is 34.7 Å². The molecule has 2 aromatic heterocycles. The SMILES string of the molecule is NC(=O)c1ccsc1NC(=O)c1oc2ccccc2c1CSc1ccc(Cl)cc1. The number of thiophene rings is 1. The summed E-state index contributed by atoms with van der Waals surface area (Å²) >= 11 is 8.76. The molecule has 4 rings (SSSR count). The molecule has 0 aliphatic carbocycles. The normalized spacial score (nSPS) is 10.9. The largest absolute Gasteiger partial charge is 0.451 e. The van der Waals surface area contributed by atoms with Crippen molar-refractivity contribution in [2.75, 3.05) is 5.32 Å². The highest BCUT2D eigenvalue weighted by Crippen LogP contribution is 2.33. The molecule has 2 aromatic carbocycles. The third kappa shape index (κ3) is 4.17. The number of para-hydroxylation sites is 1. The molecule has 0 spiro atoms. The summed E-state index contributed by atoms with van der Waals surface area (Å²) in [6, 6.07) is 16.6. The number of thioether (sulfide) groups is 1. The van der Waals surface area contributed by atoms with Gasteiger partial charge in [-0.05, 0) is 41.8 Å². The lowest BCUT2D eigenvalue weighted by Crippen LogP contribution is -2.17. The first-order valence-corrected chi connectivity index (χ1v) is 10.8. The second-order valence-electron chi connectivity index (χ2n) is 6.13. The van der Waals surface area contributed by atoms with E-state index in [9.17, 15) is 9.59 Å². The number of primary amides is 1. The fraction of sp³-hybridized carbons (Fsp3) is 0.0476. The molecule has 0 radical (unpaired) electrons. The van der Waals surface area contributed by atoms with E-state index in [-0.39, 0.29) is 11.3 Å². The van der Waals surface area contributed by atoms with Crippen molar-refractivity contribution in [2.45, 2.75) is 10.6 Å². The predicted molar refractivity (Wildman–Crippen MR) is 118 cm³/mol. The van der Waals surface area contributed by atoms with Crippen molar-refractivity contribution in [3.63, 3.8) is 0 Å². The Labute approximate surface area is 179 Å². The maximum Gasteiger partial charge on any atom is 0.292 e. The maximum atomic E-state index is 13.0. The number of carbonyl (C=O) groups excluding carboxylic acids is 2. The van der Waals surface area contributed by atoms with Crippen LogP contribution in [0.3, 0.4) is 0 Å². The van der Waals surface area contributed by atoms with Crippen LogP contribution in [0.25, 0.3) is 11.0 Å². The summed E-state index contributed by atoms with van der Waals surface area (Å²) in [7, 11) is 0. The lowest BCUT2D eigenvalue weighted by molar-refractivity contribution is 0.0998. The number of furan rings is 1. The number of rotatable bonds is 6. The molecule has 0 bridgehead atoms. The standard InChI is InChI=1S/C21H15ClN2O3S2/c22-12-5-7-13(8-6-12)29-11-16-14-3-1-2-4-17(14)27-18(16)20(26)24-21-15(19(23)25)9-10-28-21/h1-10H,11H2,(H2,23,25)(H,24,26). The Hall–Kier alpha value is -2.74. The van der Waals surface area contributed by atoms with Gasteiger partial charge >= 0.3 is 0 Å². The summed E-state index contributed by atoms with van der Waals surface area (Å²) < 4.78 is 5.86. The van der Waals surface area contributed by atoms with E-state index in [2.05, 4.69) is 5.32 Å². The summed E-state index contributed by atoms with van der Waals surface area (Å²) in [4.78, 5) is 25.5. The fourth-order valence-corrected chi connectivity index (χ4v) is 4.71. The lowest BCUT2D eigenvalue weighted by Gasteiger charge is -2.06. The maximum absolute atomic E-state index is 13.0. The van der Waals surface area contributed by atoms with Gasteiger partial charge in [-0.1, -0.05) is 29.8 Å². The Kier molecular flexibility index (Phi) is 5.62. The van der Waals surface area contributed by atoms with E-state index in [1.807, 2.05) is 48.5 Å². The van der Waals surface area contributed by atoms with Crippen molar-refractivity contribution in [3.8, 4) is 0 Å². The molecule has 8 heteroatoms. The van der Waals surface area contributed by atoms with Crippen LogP contribution in [0, 0.1) is 0 Å². The minimum atomic E-state index is -0.593. The zero-order valence-corrected chi connectivity index (χ0v) is 17.4.